The second kappa shape index (κ2) is 6.21. The smallest absolute Gasteiger partial charge is 0.181 e. The van der Waals surface area contributed by atoms with Gasteiger partial charge in [-0.3, -0.25) is 10.2 Å². The standard InChI is InChI=1S/C20H20N6O/c1-26(2)11-18-21-20(25-23-18)14-3-5-16-15(10-14)19(24-22-16)13-4-6-17-12(9-13)7-8-27-17/h3-6,9-10H,7-8,11H2,1-2H3,(H,22,24)(H,21,23,25). The molecule has 0 aliphatic carbocycles. The molecule has 136 valence electrons. The van der Waals surface area contributed by atoms with Crippen molar-refractivity contribution in [1.82, 2.24) is 30.3 Å². The lowest BCUT2D eigenvalue weighted by Gasteiger charge is -2.04. The van der Waals surface area contributed by atoms with Crippen LogP contribution in [0, 0.1) is 0 Å². The van der Waals surface area contributed by atoms with Gasteiger partial charge in [-0.1, -0.05) is 0 Å². The molecule has 7 nitrogen and oxygen atoms in total. The summed E-state index contributed by atoms with van der Waals surface area (Å²) >= 11 is 0. The van der Waals surface area contributed by atoms with E-state index in [0.717, 1.165) is 58.9 Å². The average Bonchev–Trinajstić information content (AvgIpc) is 3.39. The van der Waals surface area contributed by atoms with Gasteiger partial charge in [-0.15, -0.1) is 0 Å². The van der Waals surface area contributed by atoms with Crippen molar-refractivity contribution in [2.75, 3.05) is 20.7 Å². The molecule has 0 spiro atoms. The van der Waals surface area contributed by atoms with Gasteiger partial charge in [-0.25, -0.2) is 4.98 Å². The van der Waals surface area contributed by atoms with E-state index in [1.54, 1.807) is 0 Å². The molecule has 0 saturated carbocycles. The number of nitrogens with one attached hydrogen (secondary N) is 2. The van der Waals surface area contributed by atoms with Crippen molar-refractivity contribution in [2.45, 2.75) is 13.0 Å². The number of benzene rings is 2. The first-order valence-corrected chi connectivity index (χ1v) is 8.98. The quantitative estimate of drug-likeness (QED) is 0.585. The molecule has 2 aromatic heterocycles. The lowest BCUT2D eigenvalue weighted by Crippen LogP contribution is -2.11. The molecule has 1 aliphatic heterocycles. The molecule has 1 aliphatic rings. The molecule has 4 aromatic rings. The second-order valence-electron chi connectivity index (χ2n) is 7.10. The molecule has 0 saturated heterocycles. The van der Waals surface area contributed by atoms with Crippen LogP contribution in [0.4, 0.5) is 0 Å². The van der Waals surface area contributed by atoms with Crippen LogP contribution in [-0.2, 0) is 13.0 Å². The third-order valence-electron chi connectivity index (χ3n) is 4.78. The largest absolute Gasteiger partial charge is 0.493 e. The summed E-state index contributed by atoms with van der Waals surface area (Å²) in [5.41, 5.74) is 5.23. The van der Waals surface area contributed by atoms with E-state index in [-0.39, 0.29) is 0 Å². The number of fused-ring (bicyclic) bond motifs is 2. The molecule has 0 unspecified atom stereocenters. The zero-order chi connectivity index (χ0) is 18.4. The highest BCUT2D eigenvalue weighted by molar-refractivity contribution is 5.95. The first kappa shape index (κ1) is 16.0. The van der Waals surface area contributed by atoms with Crippen molar-refractivity contribution >= 4 is 10.9 Å². The maximum Gasteiger partial charge on any atom is 0.181 e. The van der Waals surface area contributed by atoms with Gasteiger partial charge in [0.2, 0.25) is 0 Å². The summed E-state index contributed by atoms with van der Waals surface area (Å²) in [5.74, 6) is 2.53. The minimum atomic E-state index is 0.697. The predicted molar refractivity (Wildman–Crippen MR) is 103 cm³/mol. The van der Waals surface area contributed by atoms with E-state index in [4.69, 9.17) is 4.74 Å². The van der Waals surface area contributed by atoms with E-state index in [9.17, 15) is 0 Å². The Morgan fingerprint density at radius 3 is 2.81 bits per heavy atom. The molecule has 0 amide bonds. The molecule has 5 rings (SSSR count). The van der Waals surface area contributed by atoms with Gasteiger partial charge in [-0.2, -0.15) is 10.2 Å². The van der Waals surface area contributed by atoms with Gasteiger partial charge < -0.3 is 9.64 Å². The first-order chi connectivity index (χ1) is 13.2. The first-order valence-electron chi connectivity index (χ1n) is 8.98. The summed E-state index contributed by atoms with van der Waals surface area (Å²) in [7, 11) is 4.02. The molecule has 0 bridgehead atoms. The Bertz CT molecular complexity index is 1130. The van der Waals surface area contributed by atoms with Crippen LogP contribution in [0.1, 0.15) is 11.4 Å². The maximum absolute atomic E-state index is 5.61. The number of aromatic nitrogens is 5. The van der Waals surface area contributed by atoms with Crippen LogP contribution in [0.25, 0.3) is 33.5 Å². The Morgan fingerprint density at radius 1 is 1.04 bits per heavy atom. The zero-order valence-electron chi connectivity index (χ0n) is 15.3. The van der Waals surface area contributed by atoms with Crippen LogP contribution >= 0.6 is 0 Å². The monoisotopic (exact) mass is 360 g/mol. The fourth-order valence-electron chi connectivity index (χ4n) is 3.50. The number of ether oxygens (including phenoxy) is 1. The van der Waals surface area contributed by atoms with E-state index in [0.29, 0.717) is 5.82 Å². The number of H-pyrrole nitrogens is 2. The number of nitrogens with zero attached hydrogens (tertiary/aromatic N) is 4. The van der Waals surface area contributed by atoms with Gasteiger partial charge in [0.1, 0.15) is 11.6 Å². The Hall–Kier alpha value is -3.19. The van der Waals surface area contributed by atoms with Gasteiger partial charge in [0.05, 0.1) is 24.4 Å². The van der Waals surface area contributed by atoms with Crippen LogP contribution < -0.4 is 4.74 Å². The highest BCUT2D eigenvalue weighted by Gasteiger charge is 2.16. The fraction of sp³-hybridized carbons (Fsp3) is 0.250. The molecule has 7 heteroatoms. The van der Waals surface area contributed by atoms with E-state index in [1.165, 1.54) is 5.56 Å². The van der Waals surface area contributed by atoms with Crippen molar-refractivity contribution in [3.05, 3.63) is 47.8 Å². The van der Waals surface area contributed by atoms with E-state index in [2.05, 4.69) is 48.5 Å². The van der Waals surface area contributed by atoms with Gasteiger partial charge in [-0.05, 0) is 56.1 Å². The van der Waals surface area contributed by atoms with Gasteiger partial charge in [0.15, 0.2) is 5.82 Å². The van der Waals surface area contributed by atoms with Crippen molar-refractivity contribution in [1.29, 1.82) is 0 Å². The van der Waals surface area contributed by atoms with Crippen LogP contribution in [0.2, 0.25) is 0 Å². The van der Waals surface area contributed by atoms with Crippen LogP contribution in [-0.4, -0.2) is 51.0 Å². The number of hydrogen-bond donors (Lipinski definition) is 2. The topological polar surface area (TPSA) is 82.7 Å². The highest BCUT2D eigenvalue weighted by atomic mass is 16.5. The molecule has 2 N–H and O–H groups in total. The Morgan fingerprint density at radius 2 is 1.93 bits per heavy atom. The highest BCUT2D eigenvalue weighted by Crippen LogP contribution is 2.34. The zero-order valence-corrected chi connectivity index (χ0v) is 15.3. The summed E-state index contributed by atoms with van der Waals surface area (Å²) < 4.78 is 5.61. The molecule has 3 heterocycles. The lowest BCUT2D eigenvalue weighted by atomic mass is 10.0. The summed E-state index contributed by atoms with van der Waals surface area (Å²) in [6, 6.07) is 12.4. The Labute approximate surface area is 156 Å². The number of aromatic amines is 2. The average molecular weight is 360 g/mol. The van der Waals surface area contributed by atoms with E-state index >= 15 is 0 Å². The molecule has 2 aromatic carbocycles. The minimum Gasteiger partial charge on any atom is -0.493 e. The van der Waals surface area contributed by atoms with Crippen molar-refractivity contribution < 1.29 is 4.74 Å². The predicted octanol–water partition coefficient (Wildman–Crippen LogP) is 3.01. The Balaban J connectivity index is 1.56. The number of hydrogen-bond acceptors (Lipinski definition) is 5. The summed E-state index contributed by atoms with van der Waals surface area (Å²) in [5, 5.41) is 16.1. The molecule has 0 fully saturated rings. The summed E-state index contributed by atoms with van der Waals surface area (Å²) in [6.45, 7) is 1.48. The second-order valence-corrected chi connectivity index (χ2v) is 7.10. The molecular formula is C20H20N6O. The number of rotatable bonds is 4. The normalized spacial score (nSPS) is 13.3. The molecule has 0 atom stereocenters. The molecule has 27 heavy (non-hydrogen) atoms. The van der Waals surface area contributed by atoms with Gasteiger partial charge >= 0.3 is 0 Å². The summed E-state index contributed by atoms with van der Waals surface area (Å²) in [4.78, 5) is 6.66. The maximum atomic E-state index is 5.61. The third kappa shape index (κ3) is 2.86. The Kier molecular flexibility index (Phi) is 3.68. The lowest BCUT2D eigenvalue weighted by molar-refractivity contribution is 0.357. The van der Waals surface area contributed by atoms with E-state index < -0.39 is 0 Å². The van der Waals surface area contributed by atoms with Gasteiger partial charge in [0.25, 0.3) is 0 Å². The minimum absolute atomic E-state index is 0.697. The van der Waals surface area contributed by atoms with Crippen molar-refractivity contribution in [3.63, 3.8) is 0 Å². The summed E-state index contributed by atoms with van der Waals surface area (Å²) in [6.07, 6.45) is 0.947. The van der Waals surface area contributed by atoms with Crippen LogP contribution in [0.5, 0.6) is 5.75 Å². The third-order valence-corrected chi connectivity index (χ3v) is 4.78. The molecular weight excluding hydrogens is 340 g/mol. The van der Waals surface area contributed by atoms with Crippen LogP contribution in [0.3, 0.4) is 0 Å². The van der Waals surface area contributed by atoms with Crippen LogP contribution in [0.15, 0.2) is 36.4 Å². The SMILES string of the molecule is CN(C)Cc1nc(-c2ccc3[nH]nc(-c4ccc5c(c4)CCO5)c3c2)n[nH]1. The van der Waals surface area contributed by atoms with Gasteiger partial charge in [0, 0.05) is 22.9 Å². The van der Waals surface area contributed by atoms with E-state index in [1.807, 2.05) is 32.3 Å². The molecule has 0 radical (unpaired) electrons. The van der Waals surface area contributed by atoms with Crippen molar-refractivity contribution in [3.8, 4) is 28.4 Å². The fourth-order valence-corrected chi connectivity index (χ4v) is 3.50. The van der Waals surface area contributed by atoms with Crippen molar-refractivity contribution in [2.24, 2.45) is 0 Å².